The van der Waals surface area contributed by atoms with Gasteiger partial charge < -0.3 is 10.2 Å². The molecule has 0 saturated heterocycles. The maximum Gasteiger partial charge on any atom is 0.277 e. The third-order valence-corrected chi connectivity index (χ3v) is 3.77. The summed E-state index contributed by atoms with van der Waals surface area (Å²) < 4.78 is 0. The van der Waals surface area contributed by atoms with Gasteiger partial charge in [-0.3, -0.25) is 4.79 Å². The van der Waals surface area contributed by atoms with Crippen LogP contribution in [-0.4, -0.2) is 27.9 Å². The Kier molecular flexibility index (Phi) is 2.46. The average Bonchev–Trinajstić information content (AvgIpc) is 2.69. The Morgan fingerprint density at radius 2 is 2.22 bits per heavy atom. The summed E-state index contributed by atoms with van der Waals surface area (Å²) in [5, 5.41) is 4.44. The number of aryl methyl sites for hydroxylation is 1. The second kappa shape index (κ2) is 3.89. The highest BCUT2D eigenvalue weighted by Crippen LogP contribution is 2.38. The van der Waals surface area contributed by atoms with Crippen LogP contribution in [0.4, 0.5) is 16.5 Å². The summed E-state index contributed by atoms with van der Waals surface area (Å²) >= 11 is 7.23. The van der Waals surface area contributed by atoms with Gasteiger partial charge in [0, 0.05) is 7.05 Å². The summed E-state index contributed by atoms with van der Waals surface area (Å²) in [6, 6.07) is 0. The predicted molar refractivity (Wildman–Crippen MR) is 69.9 cm³/mol. The van der Waals surface area contributed by atoms with E-state index < -0.39 is 0 Å². The van der Waals surface area contributed by atoms with Crippen LogP contribution in [0, 0.1) is 6.92 Å². The highest BCUT2D eigenvalue weighted by Gasteiger charge is 2.28. The number of hydrogen-bond acceptors (Lipinski definition) is 6. The zero-order chi connectivity index (χ0) is 12.9. The van der Waals surface area contributed by atoms with Crippen LogP contribution in [0.1, 0.15) is 15.5 Å². The molecule has 0 radical (unpaired) electrons. The molecule has 0 aromatic carbocycles. The molecule has 92 valence electrons. The van der Waals surface area contributed by atoms with Crippen LogP contribution in [0.5, 0.6) is 0 Å². The van der Waals surface area contributed by atoms with Crippen molar-refractivity contribution in [3.63, 3.8) is 0 Å². The fourth-order valence-electron chi connectivity index (χ4n) is 1.77. The monoisotopic (exact) mass is 281 g/mol. The quantitative estimate of drug-likeness (QED) is 0.750. The Bertz CT molecular complexity index is 656. The van der Waals surface area contributed by atoms with Gasteiger partial charge in [-0.1, -0.05) is 0 Å². The van der Waals surface area contributed by atoms with Crippen molar-refractivity contribution in [2.75, 3.05) is 17.3 Å². The fraction of sp³-hybridized carbons (Fsp3) is 0.200. The summed E-state index contributed by atoms with van der Waals surface area (Å²) in [6.45, 7) is 1.86. The molecular formula is C10H8ClN5OS. The van der Waals surface area contributed by atoms with Gasteiger partial charge in [0.2, 0.25) is 5.28 Å². The molecule has 3 rings (SSSR count). The second-order valence-corrected chi connectivity index (χ2v) is 5.30. The minimum atomic E-state index is -0.258. The van der Waals surface area contributed by atoms with Crippen LogP contribution >= 0.6 is 22.9 Å². The molecule has 8 heteroatoms. The Labute approximate surface area is 112 Å². The van der Waals surface area contributed by atoms with Crippen molar-refractivity contribution in [1.29, 1.82) is 0 Å². The van der Waals surface area contributed by atoms with Crippen LogP contribution < -0.4 is 10.2 Å². The van der Waals surface area contributed by atoms with Gasteiger partial charge in [-0.05, 0) is 18.5 Å². The van der Waals surface area contributed by atoms with Gasteiger partial charge in [0.15, 0.2) is 11.5 Å². The first-order chi connectivity index (χ1) is 8.56. The first-order valence-electron chi connectivity index (χ1n) is 5.11. The highest BCUT2D eigenvalue weighted by molar-refractivity contribution is 7.16. The Hall–Kier alpha value is -1.73. The normalized spacial score (nSPS) is 13.7. The molecule has 1 aliphatic rings. The first kappa shape index (κ1) is 11.4. The summed E-state index contributed by atoms with van der Waals surface area (Å²) in [5.41, 5.74) is 0.920. The Morgan fingerprint density at radius 1 is 1.44 bits per heavy atom. The van der Waals surface area contributed by atoms with E-state index in [-0.39, 0.29) is 11.2 Å². The molecule has 2 aromatic heterocycles. The van der Waals surface area contributed by atoms with Crippen LogP contribution in [0.25, 0.3) is 0 Å². The number of thiazole rings is 1. The molecule has 1 N–H and O–H groups in total. The molecule has 18 heavy (non-hydrogen) atoms. The van der Waals surface area contributed by atoms with E-state index in [1.165, 1.54) is 17.5 Å². The number of anilines is 3. The lowest BCUT2D eigenvalue weighted by Gasteiger charge is -2.16. The number of carbonyl (C=O) groups excluding carboxylic acids is 1. The maximum absolute atomic E-state index is 12.0. The summed E-state index contributed by atoms with van der Waals surface area (Å²) in [6.07, 6.45) is 1.49. The molecule has 0 atom stereocenters. The molecule has 0 unspecified atom stereocenters. The molecule has 0 saturated carbocycles. The van der Waals surface area contributed by atoms with E-state index in [1.807, 2.05) is 14.0 Å². The van der Waals surface area contributed by atoms with E-state index >= 15 is 0 Å². The van der Waals surface area contributed by atoms with Gasteiger partial charge in [0.25, 0.3) is 5.91 Å². The smallest absolute Gasteiger partial charge is 0.277 e. The number of halogens is 1. The number of fused-ring (bicyclic) bond motifs is 2. The van der Waals surface area contributed by atoms with E-state index in [9.17, 15) is 4.79 Å². The number of carbonyl (C=O) groups is 1. The van der Waals surface area contributed by atoms with E-state index in [0.29, 0.717) is 17.2 Å². The second-order valence-electron chi connectivity index (χ2n) is 3.78. The van der Waals surface area contributed by atoms with Gasteiger partial charge in [0.1, 0.15) is 10.7 Å². The molecule has 0 fully saturated rings. The van der Waals surface area contributed by atoms with E-state index in [2.05, 4.69) is 20.3 Å². The SMILES string of the molecule is Cc1nc2c(s1)N(C)c1nc(Cl)ncc1NC2=O. The first-order valence-corrected chi connectivity index (χ1v) is 6.31. The van der Waals surface area contributed by atoms with Gasteiger partial charge in [-0.25, -0.2) is 9.97 Å². The lowest BCUT2D eigenvalue weighted by atomic mass is 10.4. The van der Waals surface area contributed by atoms with Crippen molar-refractivity contribution in [2.24, 2.45) is 0 Å². The summed E-state index contributed by atoms with van der Waals surface area (Å²) in [5.74, 6) is 0.302. The van der Waals surface area contributed by atoms with Crippen molar-refractivity contribution in [2.45, 2.75) is 6.92 Å². The van der Waals surface area contributed by atoms with Crippen molar-refractivity contribution in [3.8, 4) is 0 Å². The van der Waals surface area contributed by atoms with Gasteiger partial charge in [-0.2, -0.15) is 4.98 Å². The summed E-state index contributed by atoms with van der Waals surface area (Å²) in [4.78, 5) is 26.1. The number of hydrogen-bond donors (Lipinski definition) is 1. The number of amides is 1. The van der Waals surface area contributed by atoms with Crippen molar-refractivity contribution < 1.29 is 4.79 Å². The third kappa shape index (κ3) is 1.63. The van der Waals surface area contributed by atoms with Crippen molar-refractivity contribution >= 4 is 45.4 Å². The zero-order valence-corrected chi connectivity index (χ0v) is 11.1. The minimum Gasteiger partial charge on any atom is -0.317 e. The maximum atomic E-state index is 12.0. The van der Waals surface area contributed by atoms with E-state index in [0.717, 1.165) is 10.0 Å². The van der Waals surface area contributed by atoms with E-state index in [4.69, 9.17) is 11.6 Å². The third-order valence-electron chi connectivity index (χ3n) is 2.54. The molecule has 6 nitrogen and oxygen atoms in total. The highest BCUT2D eigenvalue weighted by atomic mass is 35.5. The molecule has 1 aliphatic heterocycles. The van der Waals surface area contributed by atoms with Crippen LogP contribution in [0.2, 0.25) is 5.28 Å². The molecule has 2 aromatic rings. The number of nitrogens with zero attached hydrogens (tertiary/aromatic N) is 4. The molecule has 0 bridgehead atoms. The largest absolute Gasteiger partial charge is 0.317 e. The lowest BCUT2D eigenvalue weighted by molar-refractivity contribution is 0.102. The molecule has 3 heterocycles. The van der Waals surface area contributed by atoms with Gasteiger partial charge in [-0.15, -0.1) is 11.3 Å². The molecule has 0 spiro atoms. The molecular weight excluding hydrogens is 274 g/mol. The Balaban J connectivity index is 2.24. The van der Waals surface area contributed by atoms with Crippen LogP contribution in [0.3, 0.4) is 0 Å². The van der Waals surface area contributed by atoms with Gasteiger partial charge >= 0.3 is 0 Å². The van der Waals surface area contributed by atoms with Crippen LogP contribution in [-0.2, 0) is 0 Å². The average molecular weight is 282 g/mol. The molecule has 1 amide bonds. The predicted octanol–water partition coefficient (Wildman–Crippen LogP) is 2.23. The number of rotatable bonds is 0. The minimum absolute atomic E-state index is 0.138. The lowest BCUT2D eigenvalue weighted by Crippen LogP contribution is -2.11. The van der Waals surface area contributed by atoms with E-state index in [1.54, 1.807) is 4.90 Å². The zero-order valence-electron chi connectivity index (χ0n) is 9.56. The Morgan fingerprint density at radius 3 is 3.00 bits per heavy atom. The standard InChI is InChI=1S/C10H8ClN5OS/c1-4-13-6-8(17)14-5-3-12-10(11)15-7(5)16(2)9(6)18-4/h3H,1-2H3,(H,14,17). The van der Waals surface area contributed by atoms with Crippen molar-refractivity contribution in [3.05, 3.63) is 22.2 Å². The topological polar surface area (TPSA) is 71.0 Å². The number of aromatic nitrogens is 3. The fourth-order valence-corrected chi connectivity index (χ4v) is 2.77. The summed E-state index contributed by atoms with van der Waals surface area (Å²) in [7, 11) is 1.82. The van der Waals surface area contributed by atoms with Gasteiger partial charge in [0.05, 0.1) is 11.2 Å². The molecule has 0 aliphatic carbocycles. The van der Waals surface area contributed by atoms with Crippen molar-refractivity contribution in [1.82, 2.24) is 15.0 Å². The number of nitrogens with one attached hydrogen (secondary N) is 1. The van der Waals surface area contributed by atoms with Crippen LogP contribution in [0.15, 0.2) is 6.20 Å².